The van der Waals surface area contributed by atoms with Crippen molar-refractivity contribution in [3.8, 4) is 22.6 Å². The lowest BCUT2D eigenvalue weighted by Crippen LogP contribution is -2.32. The molecule has 0 saturated carbocycles. The van der Waals surface area contributed by atoms with E-state index < -0.39 is 5.41 Å². The quantitative estimate of drug-likeness (QED) is 0.169. The van der Waals surface area contributed by atoms with Crippen LogP contribution in [0.15, 0.2) is 205 Å². The van der Waals surface area contributed by atoms with Gasteiger partial charge in [0.05, 0.1) is 11.1 Å². The summed E-state index contributed by atoms with van der Waals surface area (Å²) in [6, 6.07) is 72.5. The van der Waals surface area contributed by atoms with Gasteiger partial charge in [-0.15, -0.1) is 0 Å². The van der Waals surface area contributed by atoms with Crippen LogP contribution in [-0.4, -0.2) is 0 Å². The smallest absolute Gasteiger partial charge is 0.143 e. The third kappa shape index (κ3) is 4.17. The van der Waals surface area contributed by atoms with Crippen LogP contribution < -0.4 is 9.64 Å². The minimum absolute atomic E-state index is 0.583. The molecule has 0 unspecified atom stereocenters. The number of ether oxygens (including phenoxy) is 1. The summed E-state index contributed by atoms with van der Waals surface area (Å²) in [5, 5.41) is 9.34. The zero-order valence-corrected chi connectivity index (χ0v) is 31.3. The second kappa shape index (κ2) is 11.7. The molecule has 1 spiro atoms. The van der Waals surface area contributed by atoms with Gasteiger partial charge in [-0.25, -0.2) is 0 Å². The molecule has 0 radical (unpaired) electrons. The van der Waals surface area contributed by atoms with Crippen molar-refractivity contribution < 1.29 is 9.15 Å². The first-order valence-electron chi connectivity index (χ1n) is 19.9. The van der Waals surface area contributed by atoms with Crippen LogP contribution in [0.1, 0.15) is 22.3 Å². The molecule has 0 amide bonds. The Labute approximate surface area is 334 Å². The van der Waals surface area contributed by atoms with Gasteiger partial charge in [-0.1, -0.05) is 146 Å². The van der Waals surface area contributed by atoms with Gasteiger partial charge >= 0.3 is 0 Å². The molecule has 1 aliphatic heterocycles. The summed E-state index contributed by atoms with van der Waals surface area (Å²) in [5.41, 5.74) is 11.7. The number of nitrogens with zero attached hydrogens (tertiary/aromatic N) is 1. The number of furan rings is 1. The maximum atomic E-state index is 6.86. The highest BCUT2D eigenvalue weighted by Gasteiger charge is 2.51. The van der Waals surface area contributed by atoms with Crippen molar-refractivity contribution >= 4 is 71.3 Å². The summed E-state index contributed by atoms with van der Waals surface area (Å²) in [4.78, 5) is 2.42. The molecule has 2 heterocycles. The Kier molecular flexibility index (Phi) is 6.37. The molecule has 3 nitrogen and oxygen atoms in total. The van der Waals surface area contributed by atoms with Gasteiger partial charge in [0.2, 0.25) is 0 Å². The average Bonchev–Trinajstić information content (AvgIpc) is 3.81. The van der Waals surface area contributed by atoms with Gasteiger partial charge in [0.25, 0.3) is 0 Å². The minimum atomic E-state index is -0.583. The summed E-state index contributed by atoms with van der Waals surface area (Å²) in [6.45, 7) is 0. The lowest BCUT2D eigenvalue weighted by atomic mass is 9.66. The van der Waals surface area contributed by atoms with E-state index in [-0.39, 0.29) is 0 Å². The Morgan fingerprint density at radius 2 is 0.948 bits per heavy atom. The normalized spacial score (nSPS) is 13.4. The van der Waals surface area contributed by atoms with Crippen molar-refractivity contribution in [2.45, 2.75) is 5.41 Å². The standard InChI is InChI=1S/C55H33NO2/c1-2-13-38-34(12-1)24-25-35-32-36(26-28-39(35)38)56(50-21-11-17-44-42(50)29-30-45-43-16-5-9-22-51(43)58-54(44)45)37-27-31-53-49(33-37)55(48-20-8-10-23-52(48)57-53)46-18-6-3-14-40(46)41-15-4-7-19-47(41)55/h1-33H. The number of rotatable bonds is 3. The predicted molar refractivity (Wildman–Crippen MR) is 238 cm³/mol. The maximum absolute atomic E-state index is 6.86. The van der Waals surface area contributed by atoms with Gasteiger partial charge in [-0.3, -0.25) is 0 Å². The third-order valence-electron chi connectivity index (χ3n) is 12.7. The van der Waals surface area contributed by atoms with Crippen molar-refractivity contribution in [3.63, 3.8) is 0 Å². The second-order valence-electron chi connectivity index (χ2n) is 15.6. The summed E-state index contributed by atoms with van der Waals surface area (Å²) in [5.74, 6) is 1.75. The lowest BCUT2D eigenvalue weighted by Gasteiger charge is -2.40. The Bertz CT molecular complexity index is 3480. The highest BCUT2D eigenvalue weighted by atomic mass is 16.5. The first-order chi connectivity index (χ1) is 28.8. The van der Waals surface area contributed by atoms with Gasteiger partial charge < -0.3 is 14.1 Å². The fourth-order valence-corrected chi connectivity index (χ4v) is 10.3. The molecule has 13 rings (SSSR count). The van der Waals surface area contributed by atoms with Crippen LogP contribution in [0.3, 0.4) is 0 Å². The average molecular weight is 740 g/mol. The van der Waals surface area contributed by atoms with E-state index in [1.54, 1.807) is 0 Å². The van der Waals surface area contributed by atoms with E-state index in [1.165, 1.54) is 43.8 Å². The van der Waals surface area contributed by atoms with Crippen LogP contribution in [0.2, 0.25) is 0 Å². The molecule has 3 heteroatoms. The Morgan fingerprint density at radius 3 is 1.81 bits per heavy atom. The lowest BCUT2D eigenvalue weighted by molar-refractivity contribution is 0.436. The summed E-state index contributed by atoms with van der Waals surface area (Å²) < 4.78 is 13.5. The highest BCUT2D eigenvalue weighted by Crippen LogP contribution is 2.62. The number of benzene rings is 10. The molecule has 270 valence electrons. The Hall–Kier alpha value is -7.62. The molecule has 2 aliphatic rings. The van der Waals surface area contributed by atoms with E-state index in [1.807, 2.05) is 6.07 Å². The van der Waals surface area contributed by atoms with E-state index >= 15 is 0 Å². The van der Waals surface area contributed by atoms with Crippen LogP contribution in [0.4, 0.5) is 17.1 Å². The molecular weight excluding hydrogens is 707 g/mol. The van der Waals surface area contributed by atoms with Crippen LogP contribution >= 0.6 is 0 Å². The molecule has 0 atom stereocenters. The van der Waals surface area contributed by atoms with E-state index in [0.29, 0.717) is 0 Å². The molecular formula is C55H33NO2. The summed E-state index contributed by atoms with van der Waals surface area (Å²) >= 11 is 0. The highest BCUT2D eigenvalue weighted by molar-refractivity contribution is 6.18. The number of para-hydroxylation sites is 2. The topological polar surface area (TPSA) is 25.6 Å². The molecule has 0 fully saturated rings. The first kappa shape index (κ1) is 31.6. The molecule has 0 N–H and O–H groups in total. The van der Waals surface area contributed by atoms with Crippen molar-refractivity contribution in [2.24, 2.45) is 0 Å². The zero-order chi connectivity index (χ0) is 38.0. The van der Waals surface area contributed by atoms with Crippen molar-refractivity contribution in [1.29, 1.82) is 0 Å². The van der Waals surface area contributed by atoms with Crippen LogP contribution in [0, 0.1) is 0 Å². The number of hydrogen-bond acceptors (Lipinski definition) is 3. The zero-order valence-electron chi connectivity index (χ0n) is 31.3. The SMILES string of the molecule is c1ccc2c(c1)Oc1ccc(N(c3ccc4c(ccc5ccccc54)c3)c3cccc4c3ccc3c5ccccc5oc43)cc1C21c2ccccc2-c2ccccc21. The van der Waals surface area contributed by atoms with Crippen molar-refractivity contribution in [1.82, 2.24) is 0 Å². The van der Waals surface area contributed by atoms with Crippen LogP contribution in [-0.2, 0) is 5.41 Å². The fourth-order valence-electron chi connectivity index (χ4n) is 10.3. The second-order valence-corrected chi connectivity index (χ2v) is 15.6. The van der Waals surface area contributed by atoms with Crippen molar-refractivity contribution in [3.05, 3.63) is 222 Å². The Morgan fingerprint density at radius 1 is 0.362 bits per heavy atom. The molecule has 58 heavy (non-hydrogen) atoms. The Balaban J connectivity index is 1.11. The predicted octanol–water partition coefficient (Wildman–Crippen LogP) is 15.0. The molecule has 1 aliphatic carbocycles. The van der Waals surface area contributed by atoms with Crippen molar-refractivity contribution in [2.75, 3.05) is 4.90 Å². The molecule has 1 aromatic heterocycles. The molecule has 0 saturated heterocycles. The third-order valence-corrected chi connectivity index (χ3v) is 12.7. The van der Waals surface area contributed by atoms with Gasteiger partial charge in [0.15, 0.2) is 0 Å². The van der Waals surface area contributed by atoms with E-state index in [9.17, 15) is 0 Å². The summed E-state index contributed by atoms with van der Waals surface area (Å²) in [6.07, 6.45) is 0. The fraction of sp³-hybridized carbons (Fsp3) is 0.0182. The van der Waals surface area contributed by atoms with E-state index in [2.05, 4.69) is 199 Å². The van der Waals surface area contributed by atoms with E-state index in [4.69, 9.17) is 9.15 Å². The number of hydrogen-bond donors (Lipinski definition) is 0. The minimum Gasteiger partial charge on any atom is -0.457 e. The monoisotopic (exact) mass is 739 g/mol. The number of anilines is 3. The van der Waals surface area contributed by atoms with Gasteiger partial charge in [-0.05, 0) is 98.4 Å². The van der Waals surface area contributed by atoms with E-state index in [0.717, 1.165) is 72.4 Å². The molecule has 11 aromatic rings. The van der Waals surface area contributed by atoms with Crippen LogP contribution in [0.5, 0.6) is 11.5 Å². The first-order valence-corrected chi connectivity index (χ1v) is 19.9. The van der Waals surface area contributed by atoms with Gasteiger partial charge in [-0.2, -0.15) is 0 Å². The van der Waals surface area contributed by atoms with Gasteiger partial charge in [0.1, 0.15) is 22.7 Å². The molecule has 10 aromatic carbocycles. The number of fused-ring (bicyclic) bond motifs is 17. The summed E-state index contributed by atoms with van der Waals surface area (Å²) in [7, 11) is 0. The maximum Gasteiger partial charge on any atom is 0.143 e. The molecule has 0 bridgehead atoms. The largest absolute Gasteiger partial charge is 0.457 e. The van der Waals surface area contributed by atoms with Crippen LogP contribution in [0.25, 0.3) is 65.4 Å². The van der Waals surface area contributed by atoms with Gasteiger partial charge in [0, 0.05) is 44.0 Å².